The maximum atomic E-state index is 16.7. The summed E-state index contributed by atoms with van der Waals surface area (Å²) in [4.78, 5) is 48.3. The van der Waals surface area contributed by atoms with E-state index < -0.39 is 23.2 Å². The summed E-state index contributed by atoms with van der Waals surface area (Å²) in [6, 6.07) is 15.6. The molecule has 2 N–H and O–H groups in total. The molecule has 0 bridgehead atoms. The number of hydrogen-bond donors (Lipinski definition) is 2. The normalized spacial score (nSPS) is 20.4. The third kappa shape index (κ3) is 7.11. The van der Waals surface area contributed by atoms with Gasteiger partial charge in [0.25, 0.3) is 0 Å². The van der Waals surface area contributed by atoms with Crippen LogP contribution in [0.15, 0.2) is 60.9 Å². The Morgan fingerprint density at radius 2 is 1.37 bits per heavy atom. The number of nitrogens with zero attached hydrogens (tertiary/aromatic N) is 5. The number of fused-ring (bicyclic) bond motifs is 5. The Labute approximate surface area is 352 Å². The van der Waals surface area contributed by atoms with E-state index in [1.54, 1.807) is 27.3 Å². The molecule has 60 heavy (non-hydrogen) atoms. The van der Waals surface area contributed by atoms with Gasteiger partial charge in [-0.15, -0.1) is 11.3 Å². The summed E-state index contributed by atoms with van der Waals surface area (Å²) in [7, 11) is 0. The number of likely N-dealkylation sites (tertiary alicyclic amines) is 2. The number of benzene rings is 2. The molecule has 0 radical (unpaired) electrons. The number of nitrogens with one attached hydrogen (secondary N) is 2. The van der Waals surface area contributed by atoms with Gasteiger partial charge in [0.1, 0.15) is 34.4 Å². The van der Waals surface area contributed by atoms with Crippen molar-refractivity contribution in [1.82, 2.24) is 34.3 Å². The average molecular weight is 832 g/mol. The van der Waals surface area contributed by atoms with Crippen molar-refractivity contribution in [2.24, 2.45) is 0 Å². The van der Waals surface area contributed by atoms with Crippen LogP contribution in [0.4, 0.5) is 14.0 Å². The number of carbonyl (C=O) groups excluding carboxylic acids is 2. The van der Waals surface area contributed by atoms with E-state index in [9.17, 15) is 9.59 Å². The number of ether oxygens (including phenoxy) is 3. The van der Waals surface area contributed by atoms with Crippen LogP contribution in [-0.2, 0) is 9.47 Å². The Kier molecular flexibility index (Phi) is 9.16. The molecule has 6 aromatic rings. The van der Waals surface area contributed by atoms with Gasteiger partial charge in [-0.05, 0) is 128 Å². The van der Waals surface area contributed by atoms with E-state index in [1.807, 2.05) is 65.9 Å². The first-order valence-electron chi connectivity index (χ1n) is 21.0. The van der Waals surface area contributed by atoms with Crippen molar-refractivity contribution in [3.63, 3.8) is 0 Å². The van der Waals surface area contributed by atoms with E-state index in [1.165, 1.54) is 23.8 Å². The Bertz CT molecular complexity index is 2640. The van der Waals surface area contributed by atoms with Crippen LogP contribution in [0.3, 0.4) is 0 Å². The first kappa shape index (κ1) is 38.6. The average Bonchev–Trinajstić information content (AvgIpc) is 3.89. The Hall–Kier alpha value is -5.63. The summed E-state index contributed by atoms with van der Waals surface area (Å²) >= 11 is 1.76. The second kappa shape index (κ2) is 14.2. The molecule has 3 atom stereocenters. The molecular weight excluding hydrogens is 782 g/mol. The van der Waals surface area contributed by atoms with Crippen LogP contribution in [0.5, 0.6) is 5.75 Å². The lowest BCUT2D eigenvalue weighted by molar-refractivity contribution is 0.0208. The van der Waals surface area contributed by atoms with Crippen molar-refractivity contribution >= 4 is 34.4 Å². The lowest BCUT2D eigenvalue weighted by Gasteiger charge is -2.30. The van der Waals surface area contributed by atoms with Crippen LogP contribution in [0, 0.1) is 5.82 Å². The van der Waals surface area contributed by atoms with E-state index in [0.29, 0.717) is 47.4 Å². The van der Waals surface area contributed by atoms with Crippen LogP contribution in [0.25, 0.3) is 44.7 Å². The van der Waals surface area contributed by atoms with E-state index in [4.69, 9.17) is 19.2 Å². The summed E-state index contributed by atoms with van der Waals surface area (Å²) in [6.45, 7) is 12.4. The Morgan fingerprint density at radius 1 is 0.767 bits per heavy atom. The van der Waals surface area contributed by atoms with Gasteiger partial charge >= 0.3 is 12.2 Å². The number of amides is 2. The zero-order chi connectivity index (χ0) is 41.7. The molecule has 10 rings (SSSR count). The highest BCUT2D eigenvalue weighted by Crippen LogP contribution is 2.50. The fourth-order valence-electron chi connectivity index (χ4n) is 8.86. The van der Waals surface area contributed by atoms with Crippen LogP contribution in [0.2, 0.25) is 0 Å². The van der Waals surface area contributed by atoms with Crippen molar-refractivity contribution < 1.29 is 28.2 Å². The van der Waals surface area contributed by atoms with Gasteiger partial charge in [0.05, 0.1) is 57.5 Å². The molecule has 4 aromatic heterocycles. The van der Waals surface area contributed by atoms with E-state index in [-0.39, 0.29) is 24.3 Å². The minimum absolute atomic E-state index is 0.198. The lowest BCUT2D eigenvalue weighted by Crippen LogP contribution is -2.36. The van der Waals surface area contributed by atoms with Crippen LogP contribution in [-0.4, -0.2) is 70.8 Å². The van der Waals surface area contributed by atoms with Crippen molar-refractivity contribution in [3.8, 4) is 39.5 Å². The van der Waals surface area contributed by atoms with E-state index in [2.05, 4.69) is 43.8 Å². The largest absolute Gasteiger partial charge is 0.464 e. The van der Waals surface area contributed by atoms with Crippen molar-refractivity contribution in [3.05, 3.63) is 88.1 Å². The third-order valence-corrected chi connectivity index (χ3v) is 13.0. The molecule has 1 aliphatic carbocycles. The second-order valence-electron chi connectivity index (χ2n) is 18.5. The minimum Gasteiger partial charge on any atom is -0.464 e. The summed E-state index contributed by atoms with van der Waals surface area (Å²) in [5, 5.41) is 0.933. The zero-order valence-electron chi connectivity index (χ0n) is 34.8. The molecule has 2 aromatic carbocycles. The standard InChI is InChI=1S/C46H50FN7O5S/c1-45(2,3)58-43(55)52-17-7-9-33(52)40-48-23-30(50-40)26-13-14-32-28(19-26)21-35-39-29(47)20-27(22-36(39)57-42(54(32)35)38-16-15-37(60-38)25-11-12-25)31-24-49-41(51-31)34-10-8-18-53(34)44(56)59-46(4,5)6/h13-16,19-25,33-34,42H,7-12,17-18H2,1-6H3,(H,48,50)(H,49,51)/t33-,34-,42?/m0/s1. The fourth-order valence-corrected chi connectivity index (χ4v) is 10.1. The molecule has 4 aliphatic rings. The molecule has 312 valence electrons. The maximum Gasteiger partial charge on any atom is 0.410 e. The molecule has 7 heterocycles. The number of thiophene rings is 1. The van der Waals surface area contributed by atoms with Gasteiger partial charge in [0.15, 0.2) is 0 Å². The quantitative estimate of drug-likeness (QED) is 0.171. The van der Waals surface area contributed by atoms with Gasteiger partial charge in [-0.2, -0.15) is 0 Å². The van der Waals surface area contributed by atoms with Crippen molar-refractivity contribution in [1.29, 1.82) is 0 Å². The molecule has 12 nitrogen and oxygen atoms in total. The number of halogens is 1. The number of aromatic amines is 2. The van der Waals surface area contributed by atoms with Crippen LogP contribution < -0.4 is 4.74 Å². The van der Waals surface area contributed by atoms with Gasteiger partial charge < -0.3 is 24.2 Å². The third-order valence-electron chi connectivity index (χ3n) is 11.7. The van der Waals surface area contributed by atoms with Crippen LogP contribution >= 0.6 is 11.3 Å². The molecule has 2 amide bonds. The smallest absolute Gasteiger partial charge is 0.410 e. The summed E-state index contributed by atoms with van der Waals surface area (Å²) in [6.07, 6.45) is 7.94. The molecule has 3 fully saturated rings. The molecule has 3 aliphatic heterocycles. The Morgan fingerprint density at radius 3 is 1.97 bits per heavy atom. The summed E-state index contributed by atoms with van der Waals surface area (Å²) < 4.78 is 37.1. The molecule has 1 unspecified atom stereocenters. The van der Waals surface area contributed by atoms with Crippen LogP contribution in [0.1, 0.15) is 126 Å². The van der Waals surface area contributed by atoms with Crippen molar-refractivity contribution in [2.75, 3.05) is 13.1 Å². The topological polar surface area (TPSA) is 131 Å². The minimum atomic E-state index is -0.610. The molecule has 1 saturated carbocycles. The number of rotatable bonds is 6. The second-order valence-corrected chi connectivity index (χ2v) is 19.7. The monoisotopic (exact) mass is 831 g/mol. The van der Waals surface area contributed by atoms with Gasteiger partial charge in [0.2, 0.25) is 6.23 Å². The van der Waals surface area contributed by atoms with Gasteiger partial charge in [0, 0.05) is 34.5 Å². The molecular formula is C46H50FN7O5S. The predicted octanol–water partition coefficient (Wildman–Crippen LogP) is 11.2. The SMILES string of the molecule is CC(C)(C)OC(=O)N1CCC[C@H]1c1ncc(-c2cc(F)c3c(c2)OC(c2ccc(C4CC4)s2)n2c-3cc3cc(-c4cnc([C@@H]5CCCN5C(=O)OC(C)(C)C)[nH]4)ccc32)[nH]1. The molecule has 0 spiro atoms. The summed E-state index contributed by atoms with van der Waals surface area (Å²) in [5.41, 5.74) is 3.84. The van der Waals surface area contributed by atoms with Gasteiger partial charge in [-0.1, -0.05) is 6.07 Å². The van der Waals surface area contributed by atoms with E-state index in [0.717, 1.165) is 64.2 Å². The molecule has 2 saturated heterocycles. The highest BCUT2D eigenvalue weighted by atomic mass is 32.1. The maximum absolute atomic E-state index is 16.7. The number of carbonyl (C=O) groups is 2. The van der Waals surface area contributed by atoms with Gasteiger partial charge in [-0.3, -0.25) is 14.4 Å². The predicted molar refractivity (Wildman–Crippen MR) is 227 cm³/mol. The highest BCUT2D eigenvalue weighted by molar-refractivity contribution is 7.12. The first-order chi connectivity index (χ1) is 28.7. The number of H-pyrrole nitrogens is 2. The number of hydrogen-bond acceptors (Lipinski definition) is 8. The number of imidazole rings is 2. The summed E-state index contributed by atoms with van der Waals surface area (Å²) in [5.74, 6) is 1.99. The number of aromatic nitrogens is 5. The Balaban J connectivity index is 0.991. The fraction of sp³-hybridized carbons (Fsp3) is 0.435. The molecule has 14 heteroatoms. The lowest BCUT2D eigenvalue weighted by atomic mass is 10.0. The zero-order valence-corrected chi connectivity index (χ0v) is 35.6. The van der Waals surface area contributed by atoms with Crippen molar-refractivity contribution in [2.45, 2.75) is 115 Å². The highest BCUT2D eigenvalue weighted by Gasteiger charge is 2.38. The van der Waals surface area contributed by atoms with Gasteiger partial charge in [-0.25, -0.2) is 23.9 Å². The first-order valence-corrected chi connectivity index (χ1v) is 21.8. The van der Waals surface area contributed by atoms with E-state index >= 15 is 4.39 Å².